The Kier molecular flexibility index (Phi) is 6.31. The van der Waals surface area contributed by atoms with Crippen molar-refractivity contribution in [3.05, 3.63) is 137 Å². The van der Waals surface area contributed by atoms with Crippen LogP contribution < -0.4 is 10.1 Å². The first-order chi connectivity index (χ1) is 20.8. The van der Waals surface area contributed by atoms with Gasteiger partial charge in [-0.2, -0.15) is 0 Å². The number of hydrogen-bond donors (Lipinski definition) is 1. The number of carbonyl (C=O) groups is 3. The van der Waals surface area contributed by atoms with E-state index < -0.39 is 23.4 Å². The number of benzene rings is 4. The van der Waals surface area contributed by atoms with E-state index in [9.17, 15) is 14.4 Å². The maximum Gasteiger partial charge on any atom is 0.238 e. The number of amides is 1. The predicted octanol–water partition coefficient (Wildman–Crippen LogP) is 6.76. The van der Waals surface area contributed by atoms with Crippen molar-refractivity contribution in [1.29, 1.82) is 0 Å². The van der Waals surface area contributed by atoms with Gasteiger partial charge < -0.3 is 15.0 Å². The summed E-state index contributed by atoms with van der Waals surface area (Å²) in [6.07, 6.45) is 3.85. The zero-order valence-corrected chi connectivity index (χ0v) is 24.3. The summed E-state index contributed by atoms with van der Waals surface area (Å²) < 4.78 is 5.83. The minimum Gasteiger partial charge on any atom is -0.491 e. The number of aryl methyl sites for hydroxylation is 1. The maximum absolute atomic E-state index is 14.9. The Hall–Kier alpha value is -4.97. The van der Waals surface area contributed by atoms with Gasteiger partial charge in [0.2, 0.25) is 5.91 Å². The Balaban J connectivity index is 1.48. The van der Waals surface area contributed by atoms with Crippen molar-refractivity contribution in [2.45, 2.75) is 44.4 Å². The monoisotopic (exact) mass is 568 g/mol. The lowest BCUT2D eigenvalue weighted by atomic mass is 9.62. The van der Waals surface area contributed by atoms with Crippen molar-refractivity contribution in [2.75, 3.05) is 5.32 Å². The van der Waals surface area contributed by atoms with Crippen LogP contribution in [0.5, 0.6) is 5.75 Å². The fraction of sp³-hybridized carbons (Fsp3) is 0.216. The van der Waals surface area contributed by atoms with E-state index >= 15 is 0 Å². The Morgan fingerprint density at radius 3 is 2.23 bits per heavy atom. The number of carbonyl (C=O) groups excluding carboxylic acids is 3. The van der Waals surface area contributed by atoms with Gasteiger partial charge in [-0.1, -0.05) is 72.3 Å². The van der Waals surface area contributed by atoms with Gasteiger partial charge in [-0.15, -0.1) is 0 Å². The first-order valence-electron chi connectivity index (χ1n) is 14.7. The molecule has 6 nitrogen and oxygen atoms in total. The third-order valence-corrected chi connectivity index (χ3v) is 8.97. The number of rotatable bonds is 6. The Labute approximate surface area is 251 Å². The number of para-hydroxylation sites is 1. The van der Waals surface area contributed by atoms with Crippen LogP contribution in [0.1, 0.15) is 62.9 Å². The van der Waals surface area contributed by atoms with Gasteiger partial charge in [0.25, 0.3) is 0 Å². The second-order valence-electron chi connectivity index (χ2n) is 11.9. The number of nitrogens with one attached hydrogen (secondary N) is 1. The molecule has 4 aromatic carbocycles. The quantitative estimate of drug-likeness (QED) is 0.260. The standard InChI is InChI=1S/C37H32N2O4/c1-22(2)43-27-18-16-25(17-19-27)33(40)31-32(34(41)26-14-12-23(3)13-15-26)39-21-20-24-8-4-5-9-28(24)35(39)37(31)29-10-6-7-11-30(29)38-36(37)42/h4-22,31-32,35H,1-3H3,(H,38,42)/t31-,32-,35+,37-/m0/s1. The van der Waals surface area contributed by atoms with E-state index in [1.807, 2.05) is 111 Å². The van der Waals surface area contributed by atoms with Crippen LogP contribution in [0.3, 0.4) is 0 Å². The summed E-state index contributed by atoms with van der Waals surface area (Å²) in [5.41, 5.74) is 3.88. The molecule has 4 aromatic rings. The van der Waals surface area contributed by atoms with Crippen LogP contribution in [-0.4, -0.2) is 34.5 Å². The zero-order chi connectivity index (χ0) is 29.9. The van der Waals surface area contributed by atoms with Gasteiger partial charge in [-0.25, -0.2) is 0 Å². The highest BCUT2D eigenvalue weighted by molar-refractivity contribution is 6.16. The van der Waals surface area contributed by atoms with Crippen molar-refractivity contribution in [2.24, 2.45) is 5.92 Å². The van der Waals surface area contributed by atoms with Crippen LogP contribution in [0, 0.1) is 12.8 Å². The molecule has 1 amide bonds. The summed E-state index contributed by atoms with van der Waals surface area (Å²) in [7, 11) is 0. The molecule has 1 fully saturated rings. The van der Waals surface area contributed by atoms with E-state index in [1.54, 1.807) is 24.3 Å². The molecule has 0 aromatic heterocycles. The number of nitrogens with zero attached hydrogens (tertiary/aromatic N) is 1. The first-order valence-corrected chi connectivity index (χ1v) is 14.7. The molecule has 214 valence electrons. The topological polar surface area (TPSA) is 75.7 Å². The molecule has 3 aliphatic rings. The third-order valence-electron chi connectivity index (χ3n) is 8.97. The lowest BCUT2D eigenvalue weighted by molar-refractivity contribution is -0.122. The van der Waals surface area contributed by atoms with E-state index in [-0.39, 0.29) is 23.6 Å². The van der Waals surface area contributed by atoms with Crippen molar-refractivity contribution in [3.8, 4) is 5.75 Å². The molecule has 3 heterocycles. The van der Waals surface area contributed by atoms with Gasteiger partial charge in [-0.3, -0.25) is 14.4 Å². The maximum atomic E-state index is 14.9. The van der Waals surface area contributed by atoms with Crippen molar-refractivity contribution in [3.63, 3.8) is 0 Å². The van der Waals surface area contributed by atoms with Gasteiger partial charge in [0, 0.05) is 23.0 Å². The summed E-state index contributed by atoms with van der Waals surface area (Å²) in [5, 5.41) is 3.09. The van der Waals surface area contributed by atoms with Gasteiger partial charge in [-0.05, 0) is 73.9 Å². The third kappa shape index (κ3) is 4.04. The van der Waals surface area contributed by atoms with E-state index in [0.717, 1.165) is 22.3 Å². The van der Waals surface area contributed by atoms with Crippen LogP contribution in [-0.2, 0) is 10.2 Å². The van der Waals surface area contributed by atoms with E-state index in [1.165, 1.54) is 0 Å². The van der Waals surface area contributed by atoms with Crippen LogP contribution in [0.4, 0.5) is 5.69 Å². The molecule has 4 atom stereocenters. The van der Waals surface area contributed by atoms with Crippen molar-refractivity contribution < 1.29 is 19.1 Å². The molecule has 0 radical (unpaired) electrons. The predicted molar refractivity (Wildman–Crippen MR) is 166 cm³/mol. The van der Waals surface area contributed by atoms with Gasteiger partial charge >= 0.3 is 0 Å². The molecular weight excluding hydrogens is 536 g/mol. The number of Topliss-reactive ketones (excluding diaryl/α,β-unsaturated/α-hetero) is 2. The van der Waals surface area contributed by atoms with E-state index in [0.29, 0.717) is 22.6 Å². The number of anilines is 1. The second-order valence-corrected chi connectivity index (χ2v) is 11.9. The normalized spacial score (nSPS) is 23.1. The first kappa shape index (κ1) is 26.9. The SMILES string of the molecule is Cc1ccc(C(=O)[C@@H]2[C@@H](C(=O)c3ccc(OC(C)C)cc3)[C@]3(C(=O)Nc4ccccc43)[C@H]3c4ccccc4C=CN23)cc1. The fourth-order valence-electron chi connectivity index (χ4n) is 7.21. The molecule has 0 unspecified atom stereocenters. The number of ketones is 2. The lowest BCUT2D eigenvalue weighted by Gasteiger charge is -2.38. The molecule has 1 spiro atoms. The van der Waals surface area contributed by atoms with Gasteiger partial charge in [0.15, 0.2) is 11.6 Å². The smallest absolute Gasteiger partial charge is 0.238 e. The van der Waals surface area contributed by atoms with E-state index in [2.05, 4.69) is 5.32 Å². The zero-order valence-electron chi connectivity index (χ0n) is 24.3. The molecule has 0 bridgehead atoms. The van der Waals surface area contributed by atoms with Crippen molar-refractivity contribution in [1.82, 2.24) is 4.90 Å². The summed E-state index contributed by atoms with van der Waals surface area (Å²) in [4.78, 5) is 46.1. The molecule has 1 saturated heterocycles. The number of fused-ring (bicyclic) bond motifs is 6. The molecule has 43 heavy (non-hydrogen) atoms. The molecule has 1 N–H and O–H groups in total. The summed E-state index contributed by atoms with van der Waals surface area (Å²) >= 11 is 0. The summed E-state index contributed by atoms with van der Waals surface area (Å²) in [5.74, 6) is -1.08. The minimum absolute atomic E-state index is 0.0161. The Bertz CT molecular complexity index is 1790. The highest BCUT2D eigenvalue weighted by Gasteiger charge is 2.70. The highest BCUT2D eigenvalue weighted by Crippen LogP contribution is 2.62. The average Bonchev–Trinajstić information content (AvgIpc) is 3.49. The van der Waals surface area contributed by atoms with Crippen LogP contribution in [0.25, 0.3) is 6.08 Å². The van der Waals surface area contributed by atoms with Crippen molar-refractivity contribution >= 4 is 29.2 Å². The Morgan fingerprint density at radius 1 is 0.837 bits per heavy atom. The molecule has 7 rings (SSSR count). The average molecular weight is 569 g/mol. The van der Waals surface area contributed by atoms with Crippen LogP contribution in [0.2, 0.25) is 0 Å². The fourth-order valence-corrected chi connectivity index (χ4v) is 7.21. The van der Waals surface area contributed by atoms with Crippen LogP contribution in [0.15, 0.2) is 103 Å². The summed E-state index contributed by atoms with van der Waals surface area (Å²) in [6, 6.07) is 28.4. The van der Waals surface area contributed by atoms with Gasteiger partial charge in [0.05, 0.1) is 18.1 Å². The van der Waals surface area contributed by atoms with E-state index in [4.69, 9.17) is 4.74 Å². The van der Waals surface area contributed by atoms with Gasteiger partial charge in [0.1, 0.15) is 17.2 Å². The lowest BCUT2D eigenvalue weighted by Crippen LogP contribution is -2.49. The molecule has 3 aliphatic heterocycles. The Morgan fingerprint density at radius 2 is 1.49 bits per heavy atom. The molecule has 6 heteroatoms. The molecule has 0 saturated carbocycles. The minimum atomic E-state index is -1.35. The molecular formula is C37H32N2O4. The largest absolute Gasteiger partial charge is 0.491 e. The highest BCUT2D eigenvalue weighted by atomic mass is 16.5. The summed E-state index contributed by atoms with van der Waals surface area (Å²) in [6.45, 7) is 5.86. The molecule has 0 aliphatic carbocycles. The number of ether oxygens (including phenoxy) is 1. The second kappa shape index (κ2) is 10.1. The van der Waals surface area contributed by atoms with Crippen LogP contribution >= 0.6 is 0 Å². The number of hydrogen-bond acceptors (Lipinski definition) is 5.